The molecule has 0 fully saturated rings. The number of fused-ring (bicyclic) bond motifs is 9. The maximum Gasteiger partial charge on any atom is 0.157 e. The van der Waals surface area contributed by atoms with E-state index < -0.39 is 0 Å². The maximum atomic E-state index is 6.53. The molecule has 0 aliphatic heterocycles. The first-order chi connectivity index (χ1) is 25.0. The van der Waals surface area contributed by atoms with Gasteiger partial charge in [-0.1, -0.05) is 166 Å². The van der Waals surface area contributed by atoms with Crippen molar-refractivity contribution in [3.63, 3.8) is 0 Å². The first kappa shape index (κ1) is 30.7. The summed E-state index contributed by atoms with van der Waals surface area (Å²) in [4.78, 5) is 10.0. The number of hydrogen-bond acceptors (Lipinski definition) is 1. The summed E-state index contributed by atoms with van der Waals surface area (Å²) in [5.74, 6) is 1.06. The van der Waals surface area contributed by atoms with Gasteiger partial charge in [-0.3, -0.25) is 4.99 Å². The van der Waals surface area contributed by atoms with E-state index in [1.807, 2.05) is 60.7 Å². The van der Waals surface area contributed by atoms with Crippen LogP contribution in [-0.4, -0.2) is 11.7 Å². The Bertz CT molecular complexity index is 2690. The molecule has 0 spiro atoms. The molecule has 1 aliphatic carbocycles. The Morgan fingerprint density at radius 1 is 0.510 bits per heavy atom. The number of hydrogen-bond donors (Lipinski definition) is 1. The summed E-state index contributed by atoms with van der Waals surface area (Å²) in [6, 6.07) is 58.1. The van der Waals surface area contributed by atoms with Crippen LogP contribution in [0.3, 0.4) is 0 Å². The lowest BCUT2D eigenvalue weighted by Crippen LogP contribution is -2.16. The van der Waals surface area contributed by atoms with Crippen LogP contribution in [0.4, 0.5) is 0 Å². The van der Waals surface area contributed by atoms with E-state index >= 15 is 0 Å². The maximum absolute atomic E-state index is 6.53. The zero-order chi connectivity index (χ0) is 34.5. The predicted octanol–water partition coefficient (Wildman–Crippen LogP) is 11.5. The standard InChI is InChI=1S/C48H37N3/c1-48(2)43-23-12-11-21-38(43)39-26-24-34(29-44(39)48)33-25-27-41-42(28-33)37-20-10-9-19-36(37)40-22-13-18-35(45(40)41)30-50-47(32-16-7-4-8-17-32)51-46(49)31-14-5-3-6-15-31/h3-29H,30H2,1-2H3,(H2,49,50,51). The SMILES string of the molecule is CC1(C)c2ccccc2-c2ccc(-c3ccc4c(c3)c3ccccc3c3cccc(CN=C(N=C(N)c5ccccc5)c5ccccc5)c34)cc21. The third-order valence-electron chi connectivity index (χ3n) is 10.6. The largest absolute Gasteiger partial charge is 0.383 e. The number of amidine groups is 2. The molecule has 0 saturated carbocycles. The van der Waals surface area contributed by atoms with E-state index in [1.54, 1.807) is 0 Å². The highest BCUT2D eigenvalue weighted by molar-refractivity contribution is 6.26. The Labute approximate surface area is 298 Å². The summed E-state index contributed by atoms with van der Waals surface area (Å²) in [5, 5.41) is 7.40. The highest BCUT2D eigenvalue weighted by Crippen LogP contribution is 2.49. The Morgan fingerprint density at radius 2 is 1.10 bits per heavy atom. The summed E-state index contributed by atoms with van der Waals surface area (Å²) < 4.78 is 0. The smallest absolute Gasteiger partial charge is 0.157 e. The van der Waals surface area contributed by atoms with Gasteiger partial charge in [0, 0.05) is 16.5 Å². The van der Waals surface area contributed by atoms with Gasteiger partial charge in [-0.05, 0) is 83.4 Å². The van der Waals surface area contributed by atoms with Crippen molar-refractivity contribution in [3.05, 3.63) is 192 Å². The molecule has 3 nitrogen and oxygen atoms in total. The van der Waals surface area contributed by atoms with Gasteiger partial charge in [0.15, 0.2) is 5.84 Å². The molecule has 51 heavy (non-hydrogen) atoms. The monoisotopic (exact) mass is 655 g/mol. The molecule has 8 aromatic rings. The van der Waals surface area contributed by atoms with E-state index in [4.69, 9.17) is 15.7 Å². The van der Waals surface area contributed by atoms with Crippen molar-refractivity contribution < 1.29 is 0 Å². The lowest BCUT2D eigenvalue weighted by Gasteiger charge is -2.22. The second kappa shape index (κ2) is 12.2. The van der Waals surface area contributed by atoms with Gasteiger partial charge in [0.2, 0.25) is 0 Å². The van der Waals surface area contributed by atoms with Crippen LogP contribution in [0.2, 0.25) is 0 Å². The molecule has 3 heteroatoms. The van der Waals surface area contributed by atoms with Crippen molar-refractivity contribution in [3.8, 4) is 22.3 Å². The van der Waals surface area contributed by atoms with Crippen LogP contribution in [0.25, 0.3) is 54.6 Å². The van der Waals surface area contributed by atoms with Crippen LogP contribution in [0, 0.1) is 0 Å². The van der Waals surface area contributed by atoms with E-state index in [-0.39, 0.29) is 5.41 Å². The lowest BCUT2D eigenvalue weighted by atomic mass is 9.81. The third kappa shape index (κ3) is 5.21. The molecule has 8 aromatic carbocycles. The molecule has 1 aliphatic rings. The van der Waals surface area contributed by atoms with Crippen LogP contribution in [0.15, 0.2) is 174 Å². The van der Waals surface area contributed by atoms with E-state index in [2.05, 4.69) is 117 Å². The molecule has 0 unspecified atom stereocenters. The van der Waals surface area contributed by atoms with Crippen LogP contribution in [0.1, 0.15) is 41.7 Å². The summed E-state index contributed by atoms with van der Waals surface area (Å²) in [5.41, 5.74) is 17.3. The van der Waals surface area contributed by atoms with E-state index in [0.717, 1.165) is 16.7 Å². The molecule has 0 amide bonds. The number of aliphatic imine (C=N–C) groups is 2. The highest BCUT2D eigenvalue weighted by atomic mass is 15.0. The van der Waals surface area contributed by atoms with Gasteiger partial charge in [-0.2, -0.15) is 0 Å². The van der Waals surface area contributed by atoms with Gasteiger partial charge < -0.3 is 5.73 Å². The fourth-order valence-corrected chi connectivity index (χ4v) is 8.00. The Hall–Kier alpha value is -6.32. The molecule has 0 saturated heterocycles. The van der Waals surface area contributed by atoms with Crippen molar-refractivity contribution >= 4 is 44.0 Å². The third-order valence-corrected chi connectivity index (χ3v) is 10.6. The first-order valence-corrected chi connectivity index (χ1v) is 17.6. The summed E-state index contributed by atoms with van der Waals surface area (Å²) in [6.45, 7) is 5.15. The number of rotatable bonds is 5. The first-order valence-electron chi connectivity index (χ1n) is 17.6. The number of benzene rings is 8. The second-order valence-corrected chi connectivity index (χ2v) is 13.9. The molecule has 0 aromatic heterocycles. The van der Waals surface area contributed by atoms with Gasteiger partial charge >= 0.3 is 0 Å². The molecule has 0 atom stereocenters. The topological polar surface area (TPSA) is 50.7 Å². The number of nitrogens with zero attached hydrogens (tertiary/aromatic N) is 2. The van der Waals surface area contributed by atoms with Gasteiger partial charge in [0.1, 0.15) is 5.84 Å². The molecule has 9 rings (SSSR count). The predicted molar refractivity (Wildman–Crippen MR) is 216 cm³/mol. The van der Waals surface area contributed by atoms with Gasteiger partial charge in [-0.25, -0.2) is 4.99 Å². The summed E-state index contributed by atoms with van der Waals surface area (Å²) in [6.07, 6.45) is 0. The molecule has 0 bridgehead atoms. The van der Waals surface area contributed by atoms with Crippen molar-refractivity contribution in [2.45, 2.75) is 25.8 Å². The van der Waals surface area contributed by atoms with Gasteiger partial charge in [-0.15, -0.1) is 0 Å². The minimum absolute atomic E-state index is 0.0501. The van der Waals surface area contributed by atoms with Crippen LogP contribution in [-0.2, 0) is 12.0 Å². The average Bonchev–Trinajstić information content (AvgIpc) is 3.42. The minimum atomic E-state index is -0.0501. The van der Waals surface area contributed by atoms with E-state index in [9.17, 15) is 0 Å². The zero-order valence-corrected chi connectivity index (χ0v) is 28.8. The Balaban J connectivity index is 1.19. The van der Waals surface area contributed by atoms with Crippen LogP contribution >= 0.6 is 0 Å². The molecule has 0 heterocycles. The minimum Gasteiger partial charge on any atom is -0.383 e. The van der Waals surface area contributed by atoms with Crippen molar-refractivity contribution in [2.24, 2.45) is 15.7 Å². The molecule has 2 N–H and O–H groups in total. The van der Waals surface area contributed by atoms with Crippen LogP contribution < -0.4 is 5.73 Å². The fraction of sp³-hybridized carbons (Fsp3) is 0.0833. The Morgan fingerprint density at radius 3 is 1.88 bits per heavy atom. The molecular formula is C48H37N3. The molecule has 0 radical (unpaired) electrons. The second-order valence-electron chi connectivity index (χ2n) is 13.9. The highest BCUT2D eigenvalue weighted by Gasteiger charge is 2.35. The quantitative estimate of drug-likeness (QED) is 0.112. The lowest BCUT2D eigenvalue weighted by molar-refractivity contribution is 0.660. The van der Waals surface area contributed by atoms with Gasteiger partial charge in [0.25, 0.3) is 0 Å². The number of nitrogens with two attached hydrogens (primary N) is 1. The molecule has 244 valence electrons. The molecular weight excluding hydrogens is 619 g/mol. The van der Waals surface area contributed by atoms with Crippen molar-refractivity contribution in [1.82, 2.24) is 0 Å². The van der Waals surface area contributed by atoms with Gasteiger partial charge in [0.05, 0.1) is 6.54 Å². The fourth-order valence-electron chi connectivity index (χ4n) is 8.00. The zero-order valence-electron chi connectivity index (χ0n) is 28.8. The van der Waals surface area contributed by atoms with E-state index in [0.29, 0.717) is 18.2 Å². The average molecular weight is 656 g/mol. The van der Waals surface area contributed by atoms with Crippen molar-refractivity contribution in [1.29, 1.82) is 0 Å². The summed E-state index contributed by atoms with van der Waals surface area (Å²) in [7, 11) is 0. The van der Waals surface area contributed by atoms with Crippen molar-refractivity contribution in [2.75, 3.05) is 0 Å². The Kier molecular flexibility index (Phi) is 7.36. The van der Waals surface area contributed by atoms with E-state index in [1.165, 1.54) is 65.7 Å². The normalized spacial score (nSPS) is 13.8. The summed E-state index contributed by atoms with van der Waals surface area (Å²) >= 11 is 0. The van der Waals surface area contributed by atoms with Crippen LogP contribution in [0.5, 0.6) is 0 Å².